The van der Waals surface area contributed by atoms with Crippen LogP contribution in [0.5, 0.6) is 0 Å². The first kappa shape index (κ1) is 21.1. The Hall–Kier alpha value is -1.22. The minimum absolute atomic E-state index is 0. The summed E-state index contributed by atoms with van der Waals surface area (Å²) in [5.41, 5.74) is 2.25. The van der Waals surface area contributed by atoms with E-state index in [1.165, 1.54) is 29.9 Å². The van der Waals surface area contributed by atoms with Gasteiger partial charge in [0.1, 0.15) is 0 Å². The summed E-state index contributed by atoms with van der Waals surface area (Å²) in [4.78, 5) is 6.59. The van der Waals surface area contributed by atoms with Gasteiger partial charge < -0.3 is 10.2 Å². The van der Waals surface area contributed by atoms with Crippen LogP contribution in [0.2, 0.25) is 0 Å². The van der Waals surface area contributed by atoms with E-state index in [2.05, 4.69) is 57.4 Å². The predicted molar refractivity (Wildman–Crippen MR) is 122 cm³/mol. The molecule has 2 heterocycles. The average molecular weight is 485 g/mol. The van der Waals surface area contributed by atoms with Crippen LogP contribution in [0.1, 0.15) is 18.4 Å². The summed E-state index contributed by atoms with van der Waals surface area (Å²) in [6.07, 6.45) is 6.62. The summed E-state index contributed by atoms with van der Waals surface area (Å²) in [5, 5.41) is 8.01. The van der Waals surface area contributed by atoms with Gasteiger partial charge in [-0.3, -0.25) is 4.99 Å². The Bertz CT molecular complexity index is 682. The van der Waals surface area contributed by atoms with Crippen LogP contribution in [0.25, 0.3) is 5.69 Å². The number of halogens is 1. The molecule has 1 fully saturated rings. The Morgan fingerprint density at radius 3 is 2.73 bits per heavy atom. The van der Waals surface area contributed by atoms with Crippen molar-refractivity contribution in [3.05, 3.63) is 48.3 Å². The van der Waals surface area contributed by atoms with Crippen LogP contribution in [0.3, 0.4) is 0 Å². The summed E-state index contributed by atoms with van der Waals surface area (Å²) in [6.45, 7) is 1.80. The number of guanidine groups is 1. The second-order valence-electron chi connectivity index (χ2n) is 6.47. The zero-order chi connectivity index (χ0) is 17.5. The van der Waals surface area contributed by atoms with E-state index >= 15 is 0 Å². The Labute approximate surface area is 177 Å². The van der Waals surface area contributed by atoms with Gasteiger partial charge in [0.15, 0.2) is 5.96 Å². The number of hydrogen-bond acceptors (Lipinski definition) is 3. The molecule has 0 unspecified atom stereocenters. The quantitative estimate of drug-likeness (QED) is 0.399. The molecule has 5 nitrogen and oxygen atoms in total. The number of aromatic nitrogens is 2. The number of para-hydroxylation sites is 1. The second kappa shape index (κ2) is 10.8. The first-order valence-electron chi connectivity index (χ1n) is 8.85. The van der Waals surface area contributed by atoms with E-state index in [-0.39, 0.29) is 24.0 Å². The standard InChI is InChI=1S/C19H27N5S.HI/c1-20-19(21-12-16-8-10-25-11-9-16)23(2)14-17-13-22-24(15-17)18-6-4-3-5-7-18;/h3-7,13,15-16H,8-12,14H2,1-2H3,(H,20,21);1H. The van der Waals surface area contributed by atoms with Gasteiger partial charge in [-0.15, -0.1) is 24.0 Å². The van der Waals surface area contributed by atoms with Crippen molar-refractivity contribution in [2.45, 2.75) is 19.4 Å². The maximum atomic E-state index is 4.47. The van der Waals surface area contributed by atoms with Crippen LogP contribution in [0, 0.1) is 5.92 Å². The lowest BCUT2D eigenvalue weighted by Gasteiger charge is -2.26. The summed E-state index contributed by atoms with van der Waals surface area (Å²) in [7, 11) is 3.93. The Balaban J connectivity index is 0.00000243. The first-order chi connectivity index (χ1) is 12.3. The minimum atomic E-state index is 0. The maximum absolute atomic E-state index is 4.47. The highest BCUT2D eigenvalue weighted by Crippen LogP contribution is 2.21. The van der Waals surface area contributed by atoms with Crippen molar-refractivity contribution >= 4 is 41.7 Å². The molecule has 0 radical (unpaired) electrons. The van der Waals surface area contributed by atoms with Gasteiger partial charge in [-0.25, -0.2) is 4.68 Å². The number of hydrogen-bond donors (Lipinski definition) is 1. The third kappa shape index (κ3) is 5.90. The van der Waals surface area contributed by atoms with E-state index in [9.17, 15) is 0 Å². The van der Waals surface area contributed by atoms with Gasteiger partial charge in [0, 0.05) is 38.9 Å². The van der Waals surface area contributed by atoms with E-state index < -0.39 is 0 Å². The van der Waals surface area contributed by atoms with Crippen LogP contribution >= 0.6 is 35.7 Å². The molecule has 1 saturated heterocycles. The molecule has 1 aliphatic heterocycles. The van der Waals surface area contributed by atoms with Crippen molar-refractivity contribution in [3.63, 3.8) is 0 Å². The number of benzene rings is 1. The lowest BCUT2D eigenvalue weighted by Crippen LogP contribution is -2.41. The lowest BCUT2D eigenvalue weighted by molar-refractivity contribution is 0.440. The normalized spacial score (nSPS) is 15.4. The van der Waals surface area contributed by atoms with Gasteiger partial charge in [0.2, 0.25) is 0 Å². The predicted octanol–water partition coefficient (Wildman–Crippen LogP) is 3.64. The topological polar surface area (TPSA) is 45.5 Å². The van der Waals surface area contributed by atoms with E-state index in [0.717, 1.165) is 30.7 Å². The fraction of sp³-hybridized carbons (Fsp3) is 0.474. The second-order valence-corrected chi connectivity index (χ2v) is 7.69. The third-order valence-electron chi connectivity index (χ3n) is 4.54. The maximum Gasteiger partial charge on any atom is 0.193 e. The SMILES string of the molecule is CN=C(NCC1CCSCC1)N(C)Cc1cnn(-c2ccccc2)c1.I. The zero-order valence-electron chi connectivity index (χ0n) is 15.5. The number of thioether (sulfide) groups is 1. The summed E-state index contributed by atoms with van der Waals surface area (Å²) in [5.74, 6) is 4.30. The molecule has 0 atom stereocenters. The summed E-state index contributed by atoms with van der Waals surface area (Å²) < 4.78 is 1.92. The molecule has 0 spiro atoms. The highest BCUT2D eigenvalue weighted by atomic mass is 127. The molecule has 26 heavy (non-hydrogen) atoms. The van der Waals surface area contributed by atoms with Gasteiger partial charge in [-0.1, -0.05) is 18.2 Å². The van der Waals surface area contributed by atoms with E-state index in [0.29, 0.717) is 0 Å². The fourth-order valence-electron chi connectivity index (χ4n) is 3.08. The highest BCUT2D eigenvalue weighted by molar-refractivity contribution is 14.0. The minimum Gasteiger partial charge on any atom is -0.356 e. The molecule has 3 rings (SSSR count). The largest absolute Gasteiger partial charge is 0.356 e. The van der Waals surface area contributed by atoms with Gasteiger partial charge in [-0.05, 0) is 42.4 Å². The average Bonchev–Trinajstić information content (AvgIpc) is 3.12. The molecule has 0 amide bonds. The van der Waals surface area contributed by atoms with E-state index in [1.807, 2.05) is 36.1 Å². The molecule has 1 aromatic heterocycles. The number of nitrogens with zero attached hydrogens (tertiary/aromatic N) is 4. The number of nitrogens with one attached hydrogen (secondary N) is 1. The number of rotatable bonds is 5. The van der Waals surface area contributed by atoms with Crippen LogP contribution in [-0.4, -0.2) is 52.8 Å². The van der Waals surface area contributed by atoms with Crippen molar-refractivity contribution in [2.75, 3.05) is 32.1 Å². The van der Waals surface area contributed by atoms with Gasteiger partial charge >= 0.3 is 0 Å². The molecule has 1 N–H and O–H groups in total. The van der Waals surface area contributed by atoms with Crippen LogP contribution < -0.4 is 5.32 Å². The Morgan fingerprint density at radius 2 is 2.04 bits per heavy atom. The fourth-order valence-corrected chi connectivity index (χ4v) is 4.29. The number of aliphatic imine (C=N–C) groups is 1. The molecular weight excluding hydrogens is 457 g/mol. The molecule has 0 bridgehead atoms. The Kier molecular flexibility index (Phi) is 8.77. The Morgan fingerprint density at radius 1 is 1.31 bits per heavy atom. The van der Waals surface area contributed by atoms with Crippen LogP contribution in [0.4, 0.5) is 0 Å². The van der Waals surface area contributed by atoms with Crippen LogP contribution in [-0.2, 0) is 6.54 Å². The van der Waals surface area contributed by atoms with Crippen molar-refractivity contribution in [1.29, 1.82) is 0 Å². The zero-order valence-corrected chi connectivity index (χ0v) is 18.6. The van der Waals surface area contributed by atoms with Crippen LogP contribution in [0.15, 0.2) is 47.7 Å². The molecule has 7 heteroatoms. The highest BCUT2D eigenvalue weighted by Gasteiger charge is 2.15. The molecule has 2 aromatic rings. The van der Waals surface area contributed by atoms with Gasteiger partial charge in [0.05, 0.1) is 11.9 Å². The van der Waals surface area contributed by atoms with E-state index in [4.69, 9.17) is 0 Å². The van der Waals surface area contributed by atoms with Crippen molar-refractivity contribution in [3.8, 4) is 5.69 Å². The monoisotopic (exact) mass is 485 g/mol. The molecule has 142 valence electrons. The first-order valence-corrected chi connectivity index (χ1v) is 10.00. The molecular formula is C19H28IN5S. The lowest BCUT2D eigenvalue weighted by atomic mass is 10.0. The van der Waals surface area contributed by atoms with Crippen molar-refractivity contribution in [1.82, 2.24) is 20.0 Å². The van der Waals surface area contributed by atoms with E-state index in [1.54, 1.807) is 0 Å². The molecule has 0 saturated carbocycles. The smallest absolute Gasteiger partial charge is 0.193 e. The van der Waals surface area contributed by atoms with Crippen molar-refractivity contribution < 1.29 is 0 Å². The van der Waals surface area contributed by atoms with Gasteiger partial charge in [-0.2, -0.15) is 16.9 Å². The molecule has 1 aromatic carbocycles. The summed E-state index contributed by atoms with van der Waals surface area (Å²) in [6, 6.07) is 10.2. The molecule has 0 aliphatic carbocycles. The van der Waals surface area contributed by atoms with Gasteiger partial charge in [0.25, 0.3) is 0 Å². The molecule has 1 aliphatic rings. The van der Waals surface area contributed by atoms with Crippen molar-refractivity contribution in [2.24, 2.45) is 10.9 Å². The summed E-state index contributed by atoms with van der Waals surface area (Å²) >= 11 is 2.07. The third-order valence-corrected chi connectivity index (χ3v) is 5.59.